The Morgan fingerprint density at radius 3 is 2.47 bits per heavy atom. The zero-order valence-electron chi connectivity index (χ0n) is 11.6. The van der Waals surface area contributed by atoms with Gasteiger partial charge in [-0.05, 0) is 39.3 Å². The van der Waals surface area contributed by atoms with Crippen LogP contribution in [0.1, 0.15) is 41.9 Å². The number of carboxylic acids is 1. The maximum Gasteiger partial charge on any atom is 0.339 e. The van der Waals surface area contributed by atoms with Crippen LogP contribution in [0, 0.1) is 13.8 Å². The second kappa shape index (κ2) is 5.26. The number of amides is 1. The number of pyridine rings is 1. The standard InChI is InChI=1S/C13H19N3O3/c1-7-5-8(2)15-11(10(7)12(18)19)16-13(3,4)6-9(14)17/h5H,6H2,1-4H3,(H2,14,17)(H,15,16)(H,18,19). The highest BCUT2D eigenvalue weighted by molar-refractivity contribution is 5.95. The van der Waals surface area contributed by atoms with Crippen LogP contribution in [0.5, 0.6) is 0 Å². The van der Waals surface area contributed by atoms with Crippen molar-refractivity contribution in [3.63, 3.8) is 0 Å². The molecule has 0 atom stereocenters. The average Bonchev–Trinajstić information content (AvgIpc) is 2.10. The summed E-state index contributed by atoms with van der Waals surface area (Å²) in [7, 11) is 0. The Hall–Kier alpha value is -2.11. The number of aryl methyl sites for hydroxylation is 2. The second-order valence-electron chi connectivity index (χ2n) is 5.26. The minimum absolute atomic E-state index is 0.0841. The molecular weight excluding hydrogens is 246 g/mol. The molecule has 0 bridgehead atoms. The van der Waals surface area contributed by atoms with E-state index in [1.807, 2.05) is 0 Å². The average molecular weight is 265 g/mol. The lowest BCUT2D eigenvalue weighted by Gasteiger charge is -2.26. The van der Waals surface area contributed by atoms with E-state index in [0.717, 1.165) is 0 Å². The largest absolute Gasteiger partial charge is 0.478 e. The minimum Gasteiger partial charge on any atom is -0.478 e. The van der Waals surface area contributed by atoms with Gasteiger partial charge in [-0.3, -0.25) is 4.79 Å². The fraction of sp³-hybridized carbons (Fsp3) is 0.462. The van der Waals surface area contributed by atoms with E-state index in [2.05, 4.69) is 10.3 Å². The number of hydrogen-bond acceptors (Lipinski definition) is 4. The first-order chi connectivity index (χ1) is 8.62. The van der Waals surface area contributed by atoms with Crippen molar-refractivity contribution >= 4 is 17.7 Å². The topological polar surface area (TPSA) is 105 Å². The molecule has 0 aliphatic heterocycles. The van der Waals surface area contributed by atoms with Crippen molar-refractivity contribution in [3.8, 4) is 0 Å². The molecule has 0 fully saturated rings. The summed E-state index contributed by atoms with van der Waals surface area (Å²) < 4.78 is 0. The molecule has 0 saturated carbocycles. The molecule has 0 unspecified atom stereocenters. The first-order valence-electron chi connectivity index (χ1n) is 5.90. The highest BCUT2D eigenvalue weighted by Crippen LogP contribution is 2.23. The quantitative estimate of drug-likeness (QED) is 0.747. The van der Waals surface area contributed by atoms with E-state index >= 15 is 0 Å². The summed E-state index contributed by atoms with van der Waals surface area (Å²) in [6, 6.07) is 1.70. The number of carbonyl (C=O) groups excluding carboxylic acids is 1. The van der Waals surface area contributed by atoms with Crippen molar-refractivity contribution in [2.24, 2.45) is 5.73 Å². The fourth-order valence-corrected chi connectivity index (χ4v) is 2.00. The molecular formula is C13H19N3O3. The van der Waals surface area contributed by atoms with E-state index in [0.29, 0.717) is 11.3 Å². The van der Waals surface area contributed by atoms with Crippen LogP contribution in [0.2, 0.25) is 0 Å². The summed E-state index contributed by atoms with van der Waals surface area (Å²) in [6.45, 7) is 7.03. The smallest absolute Gasteiger partial charge is 0.339 e. The number of rotatable bonds is 5. The highest BCUT2D eigenvalue weighted by atomic mass is 16.4. The first-order valence-corrected chi connectivity index (χ1v) is 5.90. The minimum atomic E-state index is -1.05. The van der Waals surface area contributed by atoms with Gasteiger partial charge in [-0.25, -0.2) is 9.78 Å². The van der Waals surface area contributed by atoms with Crippen LogP contribution in [-0.4, -0.2) is 27.5 Å². The second-order valence-corrected chi connectivity index (χ2v) is 5.26. The number of nitrogens with zero attached hydrogens (tertiary/aromatic N) is 1. The number of aromatic carboxylic acids is 1. The number of anilines is 1. The molecule has 1 amide bonds. The molecule has 0 aliphatic carbocycles. The van der Waals surface area contributed by atoms with Gasteiger partial charge in [-0.15, -0.1) is 0 Å². The van der Waals surface area contributed by atoms with Gasteiger partial charge in [-0.2, -0.15) is 0 Å². The lowest BCUT2D eigenvalue weighted by Crippen LogP contribution is -2.37. The third kappa shape index (κ3) is 3.94. The Kier molecular flexibility index (Phi) is 4.14. The number of carboxylic acid groups (broad SMARTS) is 1. The predicted molar refractivity (Wildman–Crippen MR) is 72.2 cm³/mol. The van der Waals surface area contributed by atoms with E-state index in [-0.39, 0.29) is 17.8 Å². The lowest BCUT2D eigenvalue weighted by molar-refractivity contribution is -0.118. The van der Waals surface area contributed by atoms with E-state index in [4.69, 9.17) is 5.73 Å². The molecule has 1 rings (SSSR count). The number of primary amides is 1. The predicted octanol–water partition coefficient (Wildman–Crippen LogP) is 1.46. The number of carbonyl (C=O) groups is 2. The summed E-state index contributed by atoms with van der Waals surface area (Å²) in [5.74, 6) is -1.25. The summed E-state index contributed by atoms with van der Waals surface area (Å²) in [5, 5.41) is 12.2. The molecule has 1 aromatic rings. The summed E-state index contributed by atoms with van der Waals surface area (Å²) >= 11 is 0. The molecule has 1 heterocycles. The van der Waals surface area contributed by atoms with Crippen LogP contribution in [0.25, 0.3) is 0 Å². The number of nitrogens with two attached hydrogens (primary N) is 1. The van der Waals surface area contributed by atoms with Crippen molar-refractivity contribution in [2.75, 3.05) is 5.32 Å². The molecule has 1 aromatic heterocycles. The molecule has 0 aromatic carbocycles. The molecule has 6 nitrogen and oxygen atoms in total. The van der Waals surface area contributed by atoms with Crippen LogP contribution in [0.15, 0.2) is 6.07 Å². The number of aromatic nitrogens is 1. The third-order valence-corrected chi connectivity index (χ3v) is 2.63. The molecule has 0 radical (unpaired) electrons. The molecule has 104 valence electrons. The molecule has 0 saturated heterocycles. The first kappa shape index (κ1) is 14.9. The molecule has 0 spiro atoms. The maximum absolute atomic E-state index is 11.3. The zero-order chi connectivity index (χ0) is 14.8. The molecule has 4 N–H and O–H groups in total. The van der Waals surface area contributed by atoms with Crippen molar-refractivity contribution in [2.45, 2.75) is 39.7 Å². The lowest BCUT2D eigenvalue weighted by atomic mass is 9.99. The van der Waals surface area contributed by atoms with E-state index in [1.165, 1.54) is 0 Å². The van der Waals surface area contributed by atoms with Crippen LogP contribution in [0.3, 0.4) is 0 Å². The monoisotopic (exact) mass is 265 g/mol. The van der Waals surface area contributed by atoms with E-state index < -0.39 is 17.4 Å². The van der Waals surface area contributed by atoms with Gasteiger partial charge in [0, 0.05) is 17.7 Å². The van der Waals surface area contributed by atoms with Crippen molar-refractivity contribution in [3.05, 3.63) is 22.9 Å². The molecule has 6 heteroatoms. The van der Waals surface area contributed by atoms with Crippen LogP contribution >= 0.6 is 0 Å². The van der Waals surface area contributed by atoms with Gasteiger partial charge in [0.25, 0.3) is 0 Å². The Balaban J connectivity index is 3.19. The number of hydrogen-bond donors (Lipinski definition) is 3. The van der Waals surface area contributed by atoms with Gasteiger partial charge >= 0.3 is 5.97 Å². The molecule has 19 heavy (non-hydrogen) atoms. The van der Waals surface area contributed by atoms with Crippen LogP contribution in [0.4, 0.5) is 5.82 Å². The fourth-order valence-electron chi connectivity index (χ4n) is 2.00. The van der Waals surface area contributed by atoms with E-state index in [9.17, 15) is 14.7 Å². The van der Waals surface area contributed by atoms with Crippen LogP contribution in [-0.2, 0) is 4.79 Å². The highest BCUT2D eigenvalue weighted by Gasteiger charge is 2.24. The van der Waals surface area contributed by atoms with Crippen molar-refractivity contribution in [1.29, 1.82) is 0 Å². The van der Waals surface area contributed by atoms with Gasteiger partial charge in [0.15, 0.2) is 0 Å². The Bertz CT molecular complexity index is 524. The van der Waals surface area contributed by atoms with Crippen molar-refractivity contribution in [1.82, 2.24) is 4.98 Å². The van der Waals surface area contributed by atoms with Gasteiger partial charge in [-0.1, -0.05) is 0 Å². The zero-order valence-corrected chi connectivity index (χ0v) is 11.6. The Labute approximate surface area is 112 Å². The third-order valence-electron chi connectivity index (χ3n) is 2.63. The maximum atomic E-state index is 11.3. The Morgan fingerprint density at radius 2 is 2.00 bits per heavy atom. The van der Waals surface area contributed by atoms with Gasteiger partial charge in [0.1, 0.15) is 11.4 Å². The van der Waals surface area contributed by atoms with Gasteiger partial charge in [0.2, 0.25) is 5.91 Å². The number of nitrogens with one attached hydrogen (secondary N) is 1. The van der Waals surface area contributed by atoms with Crippen LogP contribution < -0.4 is 11.1 Å². The SMILES string of the molecule is Cc1cc(C)c(C(=O)O)c(NC(C)(C)CC(N)=O)n1. The summed E-state index contributed by atoms with van der Waals surface area (Å²) in [6.07, 6.45) is 0.0841. The van der Waals surface area contributed by atoms with Crippen molar-refractivity contribution < 1.29 is 14.7 Å². The Morgan fingerprint density at radius 1 is 1.42 bits per heavy atom. The normalized spacial score (nSPS) is 11.2. The van der Waals surface area contributed by atoms with Gasteiger partial charge in [0.05, 0.1) is 0 Å². The van der Waals surface area contributed by atoms with Gasteiger partial charge < -0.3 is 16.2 Å². The molecule has 0 aliphatic rings. The summed E-state index contributed by atoms with van der Waals surface area (Å²) in [5.41, 5.74) is 5.96. The van der Waals surface area contributed by atoms with E-state index in [1.54, 1.807) is 33.8 Å². The summed E-state index contributed by atoms with van der Waals surface area (Å²) in [4.78, 5) is 26.5.